The molecule has 0 saturated heterocycles. The molecule has 2 aliphatic carbocycles. The standard InChI is InChI=1S/C12H23NO/c13-9-8-12(6-3-7-12)14-10-11-4-1-2-5-11/h11H,1-10,13H2. The van der Waals surface area contributed by atoms with Crippen molar-refractivity contribution in [3.8, 4) is 0 Å². The summed E-state index contributed by atoms with van der Waals surface area (Å²) in [4.78, 5) is 0. The van der Waals surface area contributed by atoms with Crippen molar-refractivity contribution in [3.63, 3.8) is 0 Å². The Kier molecular flexibility index (Phi) is 3.45. The fraction of sp³-hybridized carbons (Fsp3) is 1.00. The maximum Gasteiger partial charge on any atom is 0.0694 e. The van der Waals surface area contributed by atoms with E-state index in [0.717, 1.165) is 25.5 Å². The number of rotatable bonds is 5. The van der Waals surface area contributed by atoms with E-state index in [1.807, 2.05) is 0 Å². The Bertz CT molecular complexity index is 171. The van der Waals surface area contributed by atoms with Crippen LogP contribution in [0, 0.1) is 5.92 Å². The molecule has 2 fully saturated rings. The summed E-state index contributed by atoms with van der Waals surface area (Å²) in [6.07, 6.45) is 10.5. The van der Waals surface area contributed by atoms with Crippen molar-refractivity contribution in [2.24, 2.45) is 11.7 Å². The first-order chi connectivity index (χ1) is 6.85. The van der Waals surface area contributed by atoms with Crippen molar-refractivity contribution in [1.29, 1.82) is 0 Å². The molecule has 2 heteroatoms. The van der Waals surface area contributed by atoms with E-state index in [2.05, 4.69) is 0 Å². The first kappa shape index (κ1) is 10.4. The summed E-state index contributed by atoms with van der Waals surface area (Å²) in [5.74, 6) is 0.852. The van der Waals surface area contributed by atoms with Crippen LogP contribution in [-0.2, 0) is 4.74 Å². The van der Waals surface area contributed by atoms with E-state index in [0.29, 0.717) is 0 Å². The summed E-state index contributed by atoms with van der Waals surface area (Å²) in [7, 11) is 0. The molecule has 0 aromatic carbocycles. The number of hydrogen-bond acceptors (Lipinski definition) is 2. The van der Waals surface area contributed by atoms with Crippen LogP contribution in [0.1, 0.15) is 51.4 Å². The Labute approximate surface area is 87.2 Å². The normalized spacial score (nSPS) is 26.4. The molecule has 0 amide bonds. The molecule has 2 rings (SSSR count). The average Bonchev–Trinajstić information content (AvgIpc) is 2.62. The SMILES string of the molecule is NCCC1(OCC2CCCC2)CCC1. The molecule has 0 spiro atoms. The van der Waals surface area contributed by atoms with Gasteiger partial charge in [0.1, 0.15) is 0 Å². The molecule has 82 valence electrons. The van der Waals surface area contributed by atoms with Crippen molar-refractivity contribution in [1.82, 2.24) is 0 Å². The van der Waals surface area contributed by atoms with E-state index in [1.165, 1.54) is 44.9 Å². The zero-order chi connectivity index (χ0) is 9.86. The molecule has 2 saturated carbocycles. The molecule has 0 heterocycles. The highest BCUT2D eigenvalue weighted by molar-refractivity contribution is 4.90. The summed E-state index contributed by atoms with van der Waals surface area (Å²) in [6.45, 7) is 1.78. The lowest BCUT2D eigenvalue weighted by molar-refractivity contribution is -0.114. The number of hydrogen-bond donors (Lipinski definition) is 1. The molecule has 0 aromatic heterocycles. The molecular formula is C12H23NO. The van der Waals surface area contributed by atoms with Crippen LogP contribution in [0.5, 0.6) is 0 Å². The molecule has 0 bridgehead atoms. The van der Waals surface area contributed by atoms with E-state index in [-0.39, 0.29) is 5.60 Å². The van der Waals surface area contributed by atoms with Crippen molar-refractivity contribution in [3.05, 3.63) is 0 Å². The van der Waals surface area contributed by atoms with Gasteiger partial charge in [-0.05, 0) is 51.0 Å². The van der Waals surface area contributed by atoms with Gasteiger partial charge in [-0.2, -0.15) is 0 Å². The van der Waals surface area contributed by atoms with E-state index in [9.17, 15) is 0 Å². The molecule has 0 aromatic rings. The Morgan fingerprint density at radius 2 is 1.86 bits per heavy atom. The lowest BCUT2D eigenvalue weighted by atomic mass is 9.77. The minimum Gasteiger partial charge on any atom is -0.375 e. The molecule has 0 radical (unpaired) electrons. The van der Waals surface area contributed by atoms with Crippen molar-refractivity contribution in [2.45, 2.75) is 57.0 Å². The van der Waals surface area contributed by atoms with E-state index in [4.69, 9.17) is 10.5 Å². The molecule has 0 atom stereocenters. The smallest absolute Gasteiger partial charge is 0.0694 e. The molecular weight excluding hydrogens is 174 g/mol. The van der Waals surface area contributed by atoms with Crippen LogP contribution < -0.4 is 5.73 Å². The van der Waals surface area contributed by atoms with Gasteiger partial charge in [-0.25, -0.2) is 0 Å². The fourth-order valence-electron chi connectivity index (χ4n) is 2.77. The third-order valence-electron chi connectivity index (χ3n) is 3.96. The highest BCUT2D eigenvalue weighted by atomic mass is 16.5. The highest BCUT2D eigenvalue weighted by Gasteiger charge is 2.37. The lowest BCUT2D eigenvalue weighted by Gasteiger charge is -2.42. The predicted molar refractivity (Wildman–Crippen MR) is 58.2 cm³/mol. The van der Waals surface area contributed by atoms with Gasteiger partial charge in [0, 0.05) is 0 Å². The summed E-state index contributed by atoms with van der Waals surface area (Å²) >= 11 is 0. The third kappa shape index (κ3) is 2.29. The quantitative estimate of drug-likeness (QED) is 0.735. The highest BCUT2D eigenvalue weighted by Crippen LogP contribution is 2.39. The monoisotopic (exact) mass is 197 g/mol. The van der Waals surface area contributed by atoms with Gasteiger partial charge >= 0.3 is 0 Å². The average molecular weight is 197 g/mol. The zero-order valence-corrected chi connectivity index (χ0v) is 9.13. The number of nitrogens with two attached hydrogens (primary N) is 1. The van der Waals surface area contributed by atoms with Crippen LogP contribution in [0.3, 0.4) is 0 Å². The summed E-state index contributed by atoms with van der Waals surface area (Å²) in [6, 6.07) is 0. The molecule has 2 nitrogen and oxygen atoms in total. The molecule has 2 N–H and O–H groups in total. The van der Waals surface area contributed by atoms with E-state index < -0.39 is 0 Å². The van der Waals surface area contributed by atoms with Gasteiger partial charge in [-0.1, -0.05) is 12.8 Å². The summed E-state index contributed by atoms with van der Waals surface area (Å²) < 4.78 is 6.11. The topological polar surface area (TPSA) is 35.2 Å². The van der Waals surface area contributed by atoms with Crippen LogP contribution in [0.15, 0.2) is 0 Å². The Balaban J connectivity index is 1.71. The van der Waals surface area contributed by atoms with Gasteiger partial charge in [0.25, 0.3) is 0 Å². The van der Waals surface area contributed by atoms with Gasteiger partial charge in [0.05, 0.1) is 12.2 Å². The van der Waals surface area contributed by atoms with Crippen LogP contribution >= 0.6 is 0 Å². The molecule has 14 heavy (non-hydrogen) atoms. The van der Waals surface area contributed by atoms with Gasteiger partial charge in [0.2, 0.25) is 0 Å². The van der Waals surface area contributed by atoms with Crippen LogP contribution in [0.25, 0.3) is 0 Å². The number of ether oxygens (including phenoxy) is 1. The third-order valence-corrected chi connectivity index (χ3v) is 3.96. The largest absolute Gasteiger partial charge is 0.375 e. The van der Waals surface area contributed by atoms with Crippen LogP contribution in [0.4, 0.5) is 0 Å². The van der Waals surface area contributed by atoms with Crippen molar-refractivity contribution in [2.75, 3.05) is 13.2 Å². The van der Waals surface area contributed by atoms with Gasteiger partial charge in [-0.3, -0.25) is 0 Å². The van der Waals surface area contributed by atoms with E-state index in [1.54, 1.807) is 0 Å². The van der Waals surface area contributed by atoms with Gasteiger partial charge in [-0.15, -0.1) is 0 Å². The minimum atomic E-state index is 0.206. The Morgan fingerprint density at radius 1 is 1.14 bits per heavy atom. The van der Waals surface area contributed by atoms with Crippen molar-refractivity contribution >= 4 is 0 Å². The summed E-state index contributed by atoms with van der Waals surface area (Å²) in [5.41, 5.74) is 5.83. The van der Waals surface area contributed by atoms with E-state index >= 15 is 0 Å². The zero-order valence-electron chi connectivity index (χ0n) is 9.13. The molecule has 2 aliphatic rings. The second-order valence-corrected chi connectivity index (χ2v) is 5.04. The first-order valence-corrected chi connectivity index (χ1v) is 6.19. The fourth-order valence-corrected chi connectivity index (χ4v) is 2.77. The first-order valence-electron chi connectivity index (χ1n) is 6.19. The second-order valence-electron chi connectivity index (χ2n) is 5.04. The van der Waals surface area contributed by atoms with Gasteiger partial charge < -0.3 is 10.5 Å². The lowest BCUT2D eigenvalue weighted by Crippen LogP contribution is -2.42. The molecule has 0 unspecified atom stereocenters. The predicted octanol–water partition coefficient (Wildman–Crippen LogP) is 2.46. The molecule has 0 aliphatic heterocycles. The minimum absolute atomic E-state index is 0.206. The summed E-state index contributed by atoms with van der Waals surface area (Å²) in [5, 5.41) is 0. The Hall–Kier alpha value is -0.0800. The maximum absolute atomic E-state index is 6.11. The van der Waals surface area contributed by atoms with Gasteiger partial charge in [0.15, 0.2) is 0 Å². The maximum atomic E-state index is 6.11. The van der Waals surface area contributed by atoms with Crippen LogP contribution in [-0.4, -0.2) is 18.8 Å². The second kappa shape index (κ2) is 4.63. The Morgan fingerprint density at radius 3 is 2.36 bits per heavy atom. The van der Waals surface area contributed by atoms with Crippen molar-refractivity contribution < 1.29 is 4.74 Å². The van der Waals surface area contributed by atoms with Crippen LogP contribution in [0.2, 0.25) is 0 Å².